The van der Waals surface area contributed by atoms with Crippen molar-refractivity contribution in [2.75, 3.05) is 0 Å². The molecule has 15 heavy (non-hydrogen) atoms. The van der Waals surface area contributed by atoms with Gasteiger partial charge in [-0.15, -0.1) is 0 Å². The van der Waals surface area contributed by atoms with Gasteiger partial charge in [0.15, 0.2) is 0 Å². The summed E-state index contributed by atoms with van der Waals surface area (Å²) >= 11 is 0. The highest BCUT2D eigenvalue weighted by molar-refractivity contribution is 5.81. The lowest BCUT2D eigenvalue weighted by Gasteiger charge is -2.18. The molecular weight excluding hydrogens is 180 g/mol. The molecule has 1 aromatic rings. The summed E-state index contributed by atoms with van der Waals surface area (Å²) in [6, 6.07) is 8.58. The first-order valence-corrected chi connectivity index (χ1v) is 5.33. The normalized spacial score (nSPS) is 20.3. The molecule has 0 aliphatic heterocycles. The van der Waals surface area contributed by atoms with Crippen LogP contribution in [0.1, 0.15) is 18.1 Å². The standard InChI is InChI=1S/C15H16/c1-11-6-4-8-14(10-11)15-9-5-7-12(2)13(15)3/h4-10,12H,3H2,1-2H3. The van der Waals surface area contributed by atoms with Crippen molar-refractivity contribution < 1.29 is 0 Å². The third-order valence-electron chi connectivity index (χ3n) is 2.89. The summed E-state index contributed by atoms with van der Waals surface area (Å²) in [6.45, 7) is 8.47. The van der Waals surface area contributed by atoms with Gasteiger partial charge in [-0.3, -0.25) is 0 Å². The van der Waals surface area contributed by atoms with Gasteiger partial charge in [0.25, 0.3) is 0 Å². The molecule has 0 heterocycles. The van der Waals surface area contributed by atoms with Crippen LogP contribution < -0.4 is 0 Å². The summed E-state index contributed by atoms with van der Waals surface area (Å²) in [5, 5.41) is 0. The Bertz CT molecular complexity index is 447. The van der Waals surface area contributed by atoms with Crippen LogP contribution in [-0.4, -0.2) is 0 Å². The fraction of sp³-hybridized carbons (Fsp3) is 0.200. The molecule has 0 bridgehead atoms. The van der Waals surface area contributed by atoms with E-state index in [1.165, 1.54) is 22.3 Å². The number of aryl methyl sites for hydroxylation is 1. The van der Waals surface area contributed by atoms with Gasteiger partial charge in [-0.05, 0) is 29.6 Å². The Kier molecular flexibility index (Phi) is 2.59. The second kappa shape index (κ2) is 3.90. The van der Waals surface area contributed by atoms with Crippen molar-refractivity contribution in [1.82, 2.24) is 0 Å². The molecule has 2 rings (SSSR count). The van der Waals surface area contributed by atoms with Gasteiger partial charge >= 0.3 is 0 Å². The van der Waals surface area contributed by atoms with E-state index in [-0.39, 0.29) is 0 Å². The average molecular weight is 196 g/mol. The van der Waals surface area contributed by atoms with Gasteiger partial charge in [0.05, 0.1) is 0 Å². The molecule has 0 heteroatoms. The molecule has 0 saturated heterocycles. The highest BCUT2D eigenvalue weighted by atomic mass is 14.2. The van der Waals surface area contributed by atoms with Crippen molar-refractivity contribution in [2.45, 2.75) is 13.8 Å². The second-order valence-corrected chi connectivity index (χ2v) is 4.15. The zero-order chi connectivity index (χ0) is 10.8. The third kappa shape index (κ3) is 1.94. The van der Waals surface area contributed by atoms with E-state index in [0.717, 1.165) is 0 Å². The maximum atomic E-state index is 4.16. The van der Waals surface area contributed by atoms with Gasteiger partial charge < -0.3 is 0 Å². The quantitative estimate of drug-likeness (QED) is 0.633. The minimum Gasteiger partial charge on any atom is -0.0946 e. The number of allylic oxidation sites excluding steroid dienone is 5. The summed E-state index contributed by atoms with van der Waals surface area (Å²) in [7, 11) is 0. The first-order chi connectivity index (χ1) is 7.18. The van der Waals surface area contributed by atoms with Crippen LogP contribution in [0.25, 0.3) is 5.57 Å². The molecule has 0 spiro atoms. The summed E-state index contributed by atoms with van der Waals surface area (Å²) in [4.78, 5) is 0. The Morgan fingerprint density at radius 3 is 2.80 bits per heavy atom. The molecule has 0 N–H and O–H groups in total. The van der Waals surface area contributed by atoms with Crippen molar-refractivity contribution in [3.63, 3.8) is 0 Å². The smallest absolute Gasteiger partial charge is 0.000704 e. The van der Waals surface area contributed by atoms with Gasteiger partial charge in [-0.2, -0.15) is 0 Å². The molecule has 1 aliphatic carbocycles. The highest BCUT2D eigenvalue weighted by Crippen LogP contribution is 2.31. The van der Waals surface area contributed by atoms with Crippen LogP contribution in [-0.2, 0) is 0 Å². The van der Waals surface area contributed by atoms with Crippen LogP contribution in [0, 0.1) is 12.8 Å². The monoisotopic (exact) mass is 196 g/mol. The summed E-state index contributed by atoms with van der Waals surface area (Å²) in [6.07, 6.45) is 6.45. The molecule has 0 saturated carbocycles. The molecule has 1 atom stereocenters. The van der Waals surface area contributed by atoms with E-state index in [9.17, 15) is 0 Å². The molecule has 0 fully saturated rings. The SMILES string of the molecule is C=C1C(c2cccc(C)c2)=CC=CC1C. The Balaban J connectivity index is 2.43. The first kappa shape index (κ1) is 9.97. The number of benzene rings is 1. The lowest BCUT2D eigenvalue weighted by molar-refractivity contribution is 0.895. The lowest BCUT2D eigenvalue weighted by Crippen LogP contribution is -2.01. The van der Waals surface area contributed by atoms with Crippen LogP contribution in [0.3, 0.4) is 0 Å². The van der Waals surface area contributed by atoms with E-state index in [1.807, 2.05) is 0 Å². The Morgan fingerprint density at radius 1 is 1.27 bits per heavy atom. The van der Waals surface area contributed by atoms with Gasteiger partial charge in [-0.1, -0.05) is 61.6 Å². The Labute approximate surface area is 91.6 Å². The van der Waals surface area contributed by atoms with Crippen molar-refractivity contribution >= 4 is 5.57 Å². The van der Waals surface area contributed by atoms with Crippen LogP contribution in [0.5, 0.6) is 0 Å². The number of rotatable bonds is 1. The van der Waals surface area contributed by atoms with Crippen molar-refractivity contribution in [3.8, 4) is 0 Å². The fourth-order valence-electron chi connectivity index (χ4n) is 1.88. The maximum Gasteiger partial charge on any atom is -0.000704 e. The first-order valence-electron chi connectivity index (χ1n) is 5.33. The van der Waals surface area contributed by atoms with Crippen LogP contribution >= 0.6 is 0 Å². The zero-order valence-electron chi connectivity index (χ0n) is 9.33. The maximum absolute atomic E-state index is 4.16. The molecule has 76 valence electrons. The molecular formula is C15H16. The van der Waals surface area contributed by atoms with E-state index >= 15 is 0 Å². The molecule has 0 amide bonds. The van der Waals surface area contributed by atoms with Gasteiger partial charge in [0.1, 0.15) is 0 Å². The van der Waals surface area contributed by atoms with E-state index in [1.54, 1.807) is 0 Å². The lowest BCUT2D eigenvalue weighted by atomic mass is 9.86. The third-order valence-corrected chi connectivity index (χ3v) is 2.89. The molecule has 0 radical (unpaired) electrons. The predicted octanol–water partition coefficient (Wildman–Crippen LogP) is 4.14. The minimum atomic E-state index is 0.450. The largest absolute Gasteiger partial charge is 0.0946 e. The number of hydrogen-bond donors (Lipinski definition) is 0. The minimum absolute atomic E-state index is 0.450. The second-order valence-electron chi connectivity index (χ2n) is 4.15. The molecule has 1 unspecified atom stereocenters. The Hall–Kier alpha value is -1.56. The van der Waals surface area contributed by atoms with Crippen LogP contribution in [0.2, 0.25) is 0 Å². The molecule has 0 nitrogen and oxygen atoms in total. The van der Waals surface area contributed by atoms with Gasteiger partial charge in [-0.25, -0.2) is 0 Å². The summed E-state index contributed by atoms with van der Waals surface area (Å²) in [5.41, 5.74) is 5.05. The van der Waals surface area contributed by atoms with E-state index in [0.29, 0.717) is 5.92 Å². The summed E-state index contributed by atoms with van der Waals surface area (Å²) < 4.78 is 0. The average Bonchev–Trinajstić information content (AvgIpc) is 2.22. The van der Waals surface area contributed by atoms with Crippen molar-refractivity contribution in [2.24, 2.45) is 5.92 Å². The summed E-state index contributed by atoms with van der Waals surface area (Å²) in [5.74, 6) is 0.450. The van der Waals surface area contributed by atoms with E-state index < -0.39 is 0 Å². The molecule has 1 aromatic carbocycles. The van der Waals surface area contributed by atoms with Crippen LogP contribution in [0.15, 0.2) is 54.6 Å². The highest BCUT2D eigenvalue weighted by Gasteiger charge is 2.13. The number of hydrogen-bond acceptors (Lipinski definition) is 0. The van der Waals surface area contributed by atoms with E-state index in [2.05, 4.69) is 62.9 Å². The van der Waals surface area contributed by atoms with Crippen LogP contribution in [0.4, 0.5) is 0 Å². The zero-order valence-corrected chi connectivity index (χ0v) is 9.33. The fourth-order valence-corrected chi connectivity index (χ4v) is 1.88. The molecule has 1 aliphatic rings. The van der Waals surface area contributed by atoms with Gasteiger partial charge in [0.2, 0.25) is 0 Å². The molecule has 0 aromatic heterocycles. The topological polar surface area (TPSA) is 0 Å². The Morgan fingerprint density at radius 2 is 2.07 bits per heavy atom. The van der Waals surface area contributed by atoms with Gasteiger partial charge in [0, 0.05) is 0 Å². The predicted molar refractivity (Wildman–Crippen MR) is 66.6 cm³/mol. The van der Waals surface area contributed by atoms with Crippen molar-refractivity contribution in [1.29, 1.82) is 0 Å². The van der Waals surface area contributed by atoms with E-state index in [4.69, 9.17) is 0 Å². The van der Waals surface area contributed by atoms with Crippen molar-refractivity contribution in [3.05, 3.63) is 65.8 Å².